The minimum atomic E-state index is -0.805. The van der Waals surface area contributed by atoms with Crippen molar-refractivity contribution in [1.82, 2.24) is 4.98 Å². The Bertz CT molecular complexity index is 572. The number of halogens is 1. The summed E-state index contributed by atoms with van der Waals surface area (Å²) in [6.07, 6.45) is 2.28. The third kappa shape index (κ3) is 2.29. The summed E-state index contributed by atoms with van der Waals surface area (Å²) in [6.45, 7) is 3.42. The van der Waals surface area contributed by atoms with E-state index in [0.717, 1.165) is 16.5 Å². The molecule has 0 fully saturated rings. The molecule has 0 aliphatic carbocycles. The van der Waals surface area contributed by atoms with Gasteiger partial charge in [-0.05, 0) is 44.0 Å². The van der Waals surface area contributed by atoms with Gasteiger partial charge >= 0.3 is 5.97 Å². The number of hydrogen-bond donors (Lipinski definition) is 2. The Morgan fingerprint density at radius 3 is 2.82 bits per heavy atom. The van der Waals surface area contributed by atoms with Crippen LogP contribution in [0.2, 0.25) is 5.02 Å². The molecule has 2 rings (SSSR count). The Kier molecular flexibility index (Phi) is 2.87. The number of aliphatic carboxylic acids is 1. The van der Waals surface area contributed by atoms with E-state index in [1.54, 1.807) is 13.8 Å². The summed E-state index contributed by atoms with van der Waals surface area (Å²) in [4.78, 5) is 14.2. The van der Waals surface area contributed by atoms with Crippen LogP contribution < -0.4 is 0 Å². The maximum absolute atomic E-state index is 11.1. The molecule has 0 aliphatic rings. The molecular weight excluding hydrogens is 238 g/mol. The fourth-order valence-corrected chi connectivity index (χ4v) is 2.17. The highest BCUT2D eigenvalue weighted by atomic mass is 35.5. The molecule has 4 heteroatoms. The molecule has 0 radical (unpaired) electrons. The Morgan fingerprint density at radius 1 is 1.47 bits per heavy atom. The summed E-state index contributed by atoms with van der Waals surface area (Å²) in [5, 5.41) is 10.7. The van der Waals surface area contributed by atoms with Crippen LogP contribution in [0.4, 0.5) is 0 Å². The van der Waals surface area contributed by atoms with Gasteiger partial charge in [0, 0.05) is 17.1 Å². The summed E-state index contributed by atoms with van der Waals surface area (Å²) < 4.78 is 0. The summed E-state index contributed by atoms with van der Waals surface area (Å²) in [5.41, 5.74) is 1.08. The molecule has 3 nitrogen and oxygen atoms in total. The van der Waals surface area contributed by atoms with Crippen LogP contribution in [-0.2, 0) is 11.2 Å². The monoisotopic (exact) mass is 251 g/mol. The zero-order chi connectivity index (χ0) is 12.6. The number of nitrogens with one attached hydrogen (secondary N) is 1. The van der Waals surface area contributed by atoms with Crippen molar-refractivity contribution in [2.45, 2.75) is 20.3 Å². The van der Waals surface area contributed by atoms with Crippen molar-refractivity contribution in [3.63, 3.8) is 0 Å². The lowest BCUT2D eigenvalue weighted by molar-refractivity contribution is -0.146. The number of carboxylic acid groups (broad SMARTS) is 1. The lowest BCUT2D eigenvalue weighted by Crippen LogP contribution is -2.26. The first-order valence-corrected chi connectivity index (χ1v) is 5.77. The molecule has 2 aromatic rings. The van der Waals surface area contributed by atoms with Crippen molar-refractivity contribution in [3.05, 3.63) is 35.0 Å². The van der Waals surface area contributed by atoms with Gasteiger partial charge in [0.25, 0.3) is 0 Å². The second kappa shape index (κ2) is 4.08. The van der Waals surface area contributed by atoms with E-state index in [9.17, 15) is 4.79 Å². The summed E-state index contributed by atoms with van der Waals surface area (Å²) in [7, 11) is 0. The van der Waals surface area contributed by atoms with Gasteiger partial charge in [-0.3, -0.25) is 4.79 Å². The van der Waals surface area contributed by atoms with Crippen molar-refractivity contribution in [2.24, 2.45) is 5.41 Å². The van der Waals surface area contributed by atoms with E-state index in [4.69, 9.17) is 16.7 Å². The van der Waals surface area contributed by atoms with Crippen molar-refractivity contribution >= 4 is 28.5 Å². The van der Waals surface area contributed by atoms with Crippen LogP contribution in [0.5, 0.6) is 0 Å². The lowest BCUT2D eigenvalue weighted by Gasteiger charge is -2.19. The molecule has 17 heavy (non-hydrogen) atoms. The number of aromatic amines is 1. The van der Waals surface area contributed by atoms with Crippen LogP contribution in [-0.4, -0.2) is 16.1 Å². The van der Waals surface area contributed by atoms with Crippen LogP contribution in [0, 0.1) is 5.41 Å². The number of H-pyrrole nitrogens is 1. The maximum atomic E-state index is 11.1. The second-order valence-corrected chi connectivity index (χ2v) is 5.29. The lowest BCUT2D eigenvalue weighted by atomic mass is 9.86. The zero-order valence-corrected chi connectivity index (χ0v) is 10.5. The van der Waals surface area contributed by atoms with Gasteiger partial charge in [0.1, 0.15) is 0 Å². The number of carbonyl (C=O) groups is 1. The van der Waals surface area contributed by atoms with Gasteiger partial charge in [-0.15, -0.1) is 0 Å². The molecule has 2 N–H and O–H groups in total. The van der Waals surface area contributed by atoms with Gasteiger partial charge in [0.05, 0.1) is 10.4 Å². The van der Waals surface area contributed by atoms with Gasteiger partial charge in [-0.2, -0.15) is 0 Å². The quantitative estimate of drug-likeness (QED) is 0.878. The highest BCUT2D eigenvalue weighted by Gasteiger charge is 2.27. The van der Waals surface area contributed by atoms with Crippen molar-refractivity contribution in [2.75, 3.05) is 0 Å². The first-order chi connectivity index (χ1) is 7.90. The van der Waals surface area contributed by atoms with Crippen LogP contribution in [0.25, 0.3) is 10.9 Å². The Labute approximate surface area is 104 Å². The highest BCUT2D eigenvalue weighted by molar-refractivity contribution is 6.35. The fourth-order valence-electron chi connectivity index (χ4n) is 1.87. The van der Waals surface area contributed by atoms with Crippen molar-refractivity contribution < 1.29 is 9.90 Å². The predicted molar refractivity (Wildman–Crippen MR) is 68.4 cm³/mol. The zero-order valence-electron chi connectivity index (χ0n) is 9.75. The van der Waals surface area contributed by atoms with E-state index in [2.05, 4.69) is 4.98 Å². The number of fused-ring (bicyclic) bond motifs is 1. The molecule has 0 bridgehead atoms. The molecule has 0 atom stereocenters. The molecule has 0 saturated carbocycles. The second-order valence-electron chi connectivity index (χ2n) is 4.88. The average molecular weight is 252 g/mol. The minimum Gasteiger partial charge on any atom is -0.481 e. The summed E-state index contributed by atoms with van der Waals surface area (Å²) in [6, 6.07) is 5.69. The third-order valence-electron chi connectivity index (χ3n) is 2.90. The summed E-state index contributed by atoms with van der Waals surface area (Å²) in [5.74, 6) is -0.805. The first-order valence-electron chi connectivity index (χ1n) is 5.39. The van der Waals surface area contributed by atoms with Crippen molar-refractivity contribution in [3.8, 4) is 0 Å². The Balaban J connectivity index is 2.40. The Morgan fingerprint density at radius 2 is 2.18 bits per heavy atom. The smallest absolute Gasteiger partial charge is 0.309 e. The van der Waals surface area contributed by atoms with E-state index in [1.165, 1.54) is 0 Å². The molecule has 0 aliphatic heterocycles. The maximum Gasteiger partial charge on any atom is 0.309 e. The van der Waals surface area contributed by atoms with Crippen LogP contribution in [0.3, 0.4) is 0 Å². The number of carboxylic acids is 1. The van der Waals surface area contributed by atoms with Crippen LogP contribution >= 0.6 is 11.6 Å². The highest BCUT2D eigenvalue weighted by Crippen LogP contribution is 2.29. The first kappa shape index (κ1) is 12.0. The van der Waals surface area contributed by atoms with Gasteiger partial charge in [0.2, 0.25) is 0 Å². The van der Waals surface area contributed by atoms with E-state index < -0.39 is 11.4 Å². The average Bonchev–Trinajstić information content (AvgIpc) is 2.64. The SMILES string of the molecule is CC(C)(Cc1cc(Cl)c2cc[nH]c2c1)C(=O)O. The molecule has 0 amide bonds. The van der Waals surface area contributed by atoms with E-state index in [-0.39, 0.29) is 0 Å². The van der Waals surface area contributed by atoms with Crippen LogP contribution in [0.15, 0.2) is 24.4 Å². The Hall–Kier alpha value is -1.48. The number of hydrogen-bond acceptors (Lipinski definition) is 1. The molecule has 1 heterocycles. The molecule has 0 saturated heterocycles. The number of aromatic nitrogens is 1. The minimum absolute atomic E-state index is 0.455. The van der Waals surface area contributed by atoms with Gasteiger partial charge < -0.3 is 10.1 Å². The van der Waals surface area contributed by atoms with E-state index in [0.29, 0.717) is 11.4 Å². The topological polar surface area (TPSA) is 53.1 Å². The standard InChI is InChI=1S/C13H14ClNO2/c1-13(2,12(16)17)7-8-5-10(14)9-3-4-15-11(9)6-8/h3-6,15H,7H2,1-2H3,(H,16,17). The summed E-state index contributed by atoms with van der Waals surface area (Å²) >= 11 is 6.14. The predicted octanol–water partition coefficient (Wildman–Crippen LogP) is 3.47. The van der Waals surface area contributed by atoms with Crippen LogP contribution in [0.1, 0.15) is 19.4 Å². The number of rotatable bonds is 3. The van der Waals surface area contributed by atoms with Crippen molar-refractivity contribution in [1.29, 1.82) is 0 Å². The molecule has 1 aromatic carbocycles. The van der Waals surface area contributed by atoms with E-state index >= 15 is 0 Å². The van der Waals surface area contributed by atoms with Gasteiger partial charge in [-0.25, -0.2) is 0 Å². The van der Waals surface area contributed by atoms with E-state index in [1.807, 2.05) is 24.4 Å². The molecule has 90 valence electrons. The molecule has 1 aromatic heterocycles. The largest absolute Gasteiger partial charge is 0.481 e. The molecule has 0 spiro atoms. The van der Waals surface area contributed by atoms with Gasteiger partial charge in [0.15, 0.2) is 0 Å². The van der Waals surface area contributed by atoms with Gasteiger partial charge in [-0.1, -0.05) is 11.6 Å². The normalized spacial score (nSPS) is 11.9. The molecular formula is C13H14ClNO2. The fraction of sp³-hybridized carbons (Fsp3) is 0.308. The number of benzene rings is 1. The molecule has 0 unspecified atom stereocenters. The third-order valence-corrected chi connectivity index (χ3v) is 3.22.